The maximum atomic E-state index is 6.18. The molecule has 4 rings (SSSR count). The van der Waals surface area contributed by atoms with Crippen molar-refractivity contribution in [3.63, 3.8) is 0 Å². The lowest BCUT2D eigenvalue weighted by molar-refractivity contribution is 0.00518. The van der Waals surface area contributed by atoms with Crippen LogP contribution >= 0.6 is 0 Å². The maximum absolute atomic E-state index is 6.18. The molecule has 2 aromatic rings. The molecule has 2 aliphatic heterocycles. The molecule has 5 heteroatoms. The molecule has 31 heavy (non-hydrogen) atoms. The first-order valence-corrected chi connectivity index (χ1v) is 11.7. The molecule has 0 aliphatic carbocycles. The minimum atomic E-state index is 0.124. The van der Waals surface area contributed by atoms with Crippen molar-refractivity contribution in [1.82, 2.24) is 14.8 Å². The molecule has 5 nitrogen and oxygen atoms in total. The van der Waals surface area contributed by atoms with Crippen LogP contribution in [-0.4, -0.2) is 52.6 Å². The first-order chi connectivity index (χ1) is 14.7. The van der Waals surface area contributed by atoms with Gasteiger partial charge in [-0.1, -0.05) is 38.1 Å². The minimum Gasteiger partial charge on any atom is -0.485 e. The zero-order valence-electron chi connectivity index (χ0n) is 20.0. The molecular formula is C26H38N4O. The van der Waals surface area contributed by atoms with Gasteiger partial charge in [0.05, 0.1) is 6.54 Å². The summed E-state index contributed by atoms with van der Waals surface area (Å²) in [5.74, 6) is 2.32. The number of hydrogen-bond acceptors (Lipinski definition) is 5. The van der Waals surface area contributed by atoms with Crippen LogP contribution in [0.1, 0.15) is 70.2 Å². The van der Waals surface area contributed by atoms with Gasteiger partial charge in [-0.25, -0.2) is 4.98 Å². The SMILES string of the molecule is CC1CNc2nccc(CN3CCN(C(C)(C)C)C(c4ccccc4C(C)C)C3)c2O1. The second-order valence-corrected chi connectivity index (χ2v) is 10.4. The first kappa shape index (κ1) is 22.1. The van der Waals surface area contributed by atoms with E-state index in [9.17, 15) is 0 Å². The molecule has 0 bridgehead atoms. The van der Waals surface area contributed by atoms with E-state index in [1.807, 2.05) is 6.20 Å². The summed E-state index contributed by atoms with van der Waals surface area (Å²) in [6, 6.07) is 11.5. The van der Waals surface area contributed by atoms with Gasteiger partial charge < -0.3 is 10.1 Å². The molecule has 3 heterocycles. The van der Waals surface area contributed by atoms with E-state index in [-0.39, 0.29) is 11.6 Å². The molecule has 168 valence electrons. The minimum absolute atomic E-state index is 0.124. The topological polar surface area (TPSA) is 40.6 Å². The molecule has 2 unspecified atom stereocenters. The molecular weight excluding hydrogens is 384 g/mol. The zero-order valence-corrected chi connectivity index (χ0v) is 20.0. The van der Waals surface area contributed by atoms with Gasteiger partial charge in [-0.15, -0.1) is 0 Å². The maximum Gasteiger partial charge on any atom is 0.169 e. The fourth-order valence-electron chi connectivity index (χ4n) is 4.99. The Balaban J connectivity index is 1.62. The summed E-state index contributed by atoms with van der Waals surface area (Å²) < 4.78 is 6.18. The van der Waals surface area contributed by atoms with E-state index >= 15 is 0 Å². The van der Waals surface area contributed by atoms with Crippen molar-refractivity contribution in [3.8, 4) is 5.75 Å². The van der Waals surface area contributed by atoms with Gasteiger partial charge in [0.25, 0.3) is 0 Å². The molecule has 0 spiro atoms. The Bertz CT molecular complexity index is 905. The lowest BCUT2D eigenvalue weighted by atomic mass is 9.88. The Labute approximate surface area is 187 Å². The number of anilines is 1. The van der Waals surface area contributed by atoms with Gasteiger partial charge in [0, 0.05) is 49.5 Å². The molecule has 1 fully saturated rings. The third-order valence-electron chi connectivity index (χ3n) is 6.56. The Hall–Kier alpha value is -2.11. The highest BCUT2D eigenvalue weighted by molar-refractivity contribution is 5.56. The van der Waals surface area contributed by atoms with Crippen LogP contribution in [0.4, 0.5) is 5.82 Å². The molecule has 0 saturated carbocycles. The molecule has 2 atom stereocenters. The molecule has 0 radical (unpaired) electrons. The number of hydrogen-bond donors (Lipinski definition) is 1. The number of pyridine rings is 1. The first-order valence-electron chi connectivity index (χ1n) is 11.7. The predicted octanol–water partition coefficient (Wildman–Crippen LogP) is 5.06. The quantitative estimate of drug-likeness (QED) is 0.746. The molecule has 1 saturated heterocycles. The normalized spacial score (nSPS) is 22.7. The number of ether oxygens (including phenoxy) is 1. The number of rotatable bonds is 4. The summed E-state index contributed by atoms with van der Waals surface area (Å²) in [5, 5.41) is 3.41. The molecule has 1 aromatic heterocycles. The summed E-state index contributed by atoms with van der Waals surface area (Å²) in [6.45, 7) is 18.6. The van der Waals surface area contributed by atoms with Crippen molar-refractivity contribution in [2.75, 3.05) is 31.5 Å². The lowest BCUT2D eigenvalue weighted by Crippen LogP contribution is -2.55. The van der Waals surface area contributed by atoms with Crippen molar-refractivity contribution < 1.29 is 4.74 Å². The number of aromatic nitrogens is 1. The fraction of sp³-hybridized carbons (Fsp3) is 0.577. The summed E-state index contributed by atoms with van der Waals surface area (Å²) in [6.07, 6.45) is 2.07. The van der Waals surface area contributed by atoms with Crippen LogP contribution in [0, 0.1) is 0 Å². The van der Waals surface area contributed by atoms with Gasteiger partial charge in [-0.05, 0) is 50.8 Å². The van der Waals surface area contributed by atoms with Gasteiger partial charge in [-0.2, -0.15) is 0 Å². The standard InChI is InChI=1S/C26H38N4O/c1-18(2)21-9-7-8-10-22(21)23-17-29(13-14-30(23)26(4,5)6)16-20-11-12-27-25-24(20)31-19(3)15-28-25/h7-12,18-19,23H,13-17H2,1-6H3,(H,27,28). The largest absolute Gasteiger partial charge is 0.485 e. The zero-order chi connectivity index (χ0) is 22.2. The van der Waals surface area contributed by atoms with E-state index in [0.29, 0.717) is 12.0 Å². The van der Waals surface area contributed by atoms with Crippen LogP contribution < -0.4 is 10.1 Å². The average molecular weight is 423 g/mol. The van der Waals surface area contributed by atoms with E-state index in [4.69, 9.17) is 4.74 Å². The second kappa shape index (κ2) is 8.79. The number of nitrogens with one attached hydrogen (secondary N) is 1. The Kier molecular flexibility index (Phi) is 6.27. The van der Waals surface area contributed by atoms with Crippen molar-refractivity contribution in [2.24, 2.45) is 0 Å². The van der Waals surface area contributed by atoms with Crippen molar-refractivity contribution in [3.05, 3.63) is 53.2 Å². The van der Waals surface area contributed by atoms with Crippen LogP contribution in [0.25, 0.3) is 0 Å². The third-order valence-corrected chi connectivity index (χ3v) is 6.56. The highest BCUT2D eigenvalue weighted by Gasteiger charge is 2.36. The molecule has 1 N–H and O–H groups in total. The third kappa shape index (κ3) is 4.73. The summed E-state index contributed by atoms with van der Waals surface area (Å²) in [4.78, 5) is 9.76. The summed E-state index contributed by atoms with van der Waals surface area (Å²) in [5.41, 5.74) is 4.29. The fourth-order valence-corrected chi connectivity index (χ4v) is 4.99. The number of piperazine rings is 1. The van der Waals surface area contributed by atoms with Crippen LogP contribution in [0.5, 0.6) is 5.75 Å². The number of benzene rings is 1. The number of nitrogens with zero attached hydrogens (tertiary/aromatic N) is 3. The van der Waals surface area contributed by atoms with Gasteiger partial charge >= 0.3 is 0 Å². The van der Waals surface area contributed by atoms with Gasteiger partial charge in [0.2, 0.25) is 0 Å². The van der Waals surface area contributed by atoms with E-state index in [0.717, 1.165) is 44.3 Å². The summed E-state index contributed by atoms with van der Waals surface area (Å²) in [7, 11) is 0. The Morgan fingerprint density at radius 3 is 2.68 bits per heavy atom. The van der Waals surface area contributed by atoms with Crippen molar-refractivity contribution in [1.29, 1.82) is 0 Å². The van der Waals surface area contributed by atoms with Crippen molar-refractivity contribution >= 4 is 5.82 Å². The van der Waals surface area contributed by atoms with Crippen molar-refractivity contribution in [2.45, 2.75) is 71.7 Å². The van der Waals surface area contributed by atoms with Crippen LogP contribution in [0.15, 0.2) is 36.5 Å². The van der Waals surface area contributed by atoms with Crippen LogP contribution in [-0.2, 0) is 6.54 Å². The van der Waals surface area contributed by atoms with Gasteiger partial charge in [0.1, 0.15) is 6.10 Å². The second-order valence-electron chi connectivity index (χ2n) is 10.4. The van der Waals surface area contributed by atoms with Crippen LogP contribution in [0.2, 0.25) is 0 Å². The lowest BCUT2D eigenvalue weighted by Gasteiger charge is -2.49. The molecule has 2 aliphatic rings. The monoisotopic (exact) mass is 422 g/mol. The molecule has 1 aromatic carbocycles. The highest BCUT2D eigenvalue weighted by Crippen LogP contribution is 2.37. The molecule has 0 amide bonds. The van der Waals surface area contributed by atoms with E-state index in [2.05, 4.69) is 92.0 Å². The van der Waals surface area contributed by atoms with Gasteiger partial charge in [-0.3, -0.25) is 9.80 Å². The summed E-state index contributed by atoms with van der Waals surface area (Å²) >= 11 is 0. The van der Waals surface area contributed by atoms with Gasteiger partial charge in [0.15, 0.2) is 11.6 Å². The Morgan fingerprint density at radius 1 is 1.16 bits per heavy atom. The average Bonchev–Trinajstić information content (AvgIpc) is 2.73. The van der Waals surface area contributed by atoms with E-state index in [1.54, 1.807) is 0 Å². The highest BCUT2D eigenvalue weighted by atomic mass is 16.5. The Morgan fingerprint density at radius 2 is 1.94 bits per heavy atom. The van der Waals surface area contributed by atoms with E-state index < -0.39 is 0 Å². The van der Waals surface area contributed by atoms with Crippen LogP contribution in [0.3, 0.4) is 0 Å². The predicted molar refractivity (Wildman–Crippen MR) is 128 cm³/mol. The number of fused-ring (bicyclic) bond motifs is 1. The van der Waals surface area contributed by atoms with E-state index in [1.165, 1.54) is 16.7 Å². The smallest absolute Gasteiger partial charge is 0.169 e.